The first-order valence-electron chi connectivity index (χ1n) is 7.36. The second-order valence-electron chi connectivity index (χ2n) is 5.65. The van der Waals surface area contributed by atoms with Crippen molar-refractivity contribution in [3.8, 4) is 0 Å². The Hall–Kier alpha value is -1.44. The number of nitrogens with zero attached hydrogens (tertiary/aromatic N) is 1. The van der Waals surface area contributed by atoms with Crippen molar-refractivity contribution < 1.29 is 18.3 Å². The maximum absolute atomic E-state index is 12.6. The molecule has 0 aliphatic heterocycles. The van der Waals surface area contributed by atoms with Crippen molar-refractivity contribution in [1.82, 2.24) is 4.31 Å². The summed E-state index contributed by atoms with van der Waals surface area (Å²) in [6.45, 7) is 1.39. The van der Waals surface area contributed by atoms with Gasteiger partial charge in [0, 0.05) is 19.7 Å². The Kier molecular flexibility index (Phi) is 5.20. The molecule has 2 rings (SSSR count). The van der Waals surface area contributed by atoms with Gasteiger partial charge in [0.15, 0.2) is 0 Å². The molecular formula is C15H22N2O4S. The molecule has 0 radical (unpaired) electrons. The Labute approximate surface area is 131 Å². The molecule has 0 spiro atoms. The van der Waals surface area contributed by atoms with Crippen molar-refractivity contribution in [1.29, 1.82) is 0 Å². The average Bonchev–Trinajstić information content (AvgIpc) is 2.47. The zero-order valence-corrected chi connectivity index (χ0v) is 13.6. The predicted molar refractivity (Wildman–Crippen MR) is 84.0 cm³/mol. The number of benzene rings is 1. The largest absolute Gasteiger partial charge is 0.391 e. The van der Waals surface area contributed by atoms with Crippen molar-refractivity contribution in [3.05, 3.63) is 24.3 Å². The standard InChI is InChI=1S/C15H22N2O4S/c1-11(18)16-12-7-9-13(10-8-12)22(20,21)17(2)14-5-3-4-6-15(14)19/h7-10,14-15,19H,3-6H2,1-2H3,(H,16,18)/t14-,15-/m1/s1. The summed E-state index contributed by atoms with van der Waals surface area (Å²) in [5, 5.41) is 12.6. The SMILES string of the molecule is CC(=O)Nc1ccc(S(=O)(=O)N(C)[C@@H]2CCCC[C@H]2O)cc1. The zero-order chi connectivity index (χ0) is 16.3. The topological polar surface area (TPSA) is 86.7 Å². The second-order valence-corrected chi connectivity index (χ2v) is 7.64. The van der Waals surface area contributed by atoms with Crippen molar-refractivity contribution in [3.63, 3.8) is 0 Å². The fourth-order valence-corrected chi connectivity index (χ4v) is 4.19. The van der Waals surface area contributed by atoms with Crippen LogP contribution in [0.25, 0.3) is 0 Å². The van der Waals surface area contributed by atoms with Crippen LogP contribution in [0.15, 0.2) is 29.2 Å². The van der Waals surface area contributed by atoms with E-state index < -0.39 is 16.1 Å². The van der Waals surface area contributed by atoms with Crippen LogP contribution < -0.4 is 5.32 Å². The number of nitrogens with one attached hydrogen (secondary N) is 1. The minimum absolute atomic E-state index is 0.155. The lowest BCUT2D eigenvalue weighted by atomic mass is 9.93. The molecule has 1 aromatic carbocycles. The zero-order valence-electron chi connectivity index (χ0n) is 12.8. The van der Waals surface area contributed by atoms with E-state index in [1.807, 2.05) is 0 Å². The van der Waals surface area contributed by atoms with Gasteiger partial charge in [0.2, 0.25) is 15.9 Å². The van der Waals surface area contributed by atoms with Crippen LogP contribution in [0.2, 0.25) is 0 Å². The fraction of sp³-hybridized carbons (Fsp3) is 0.533. The first-order valence-corrected chi connectivity index (χ1v) is 8.80. The number of sulfonamides is 1. The molecule has 1 amide bonds. The molecule has 0 unspecified atom stereocenters. The summed E-state index contributed by atoms with van der Waals surface area (Å²) in [4.78, 5) is 11.1. The molecular weight excluding hydrogens is 304 g/mol. The molecule has 2 N–H and O–H groups in total. The van der Waals surface area contributed by atoms with Crippen LogP contribution >= 0.6 is 0 Å². The highest BCUT2D eigenvalue weighted by Gasteiger charge is 2.34. The maximum Gasteiger partial charge on any atom is 0.243 e. The summed E-state index contributed by atoms with van der Waals surface area (Å²) in [7, 11) is -2.15. The lowest BCUT2D eigenvalue weighted by molar-refractivity contribution is -0.114. The molecule has 0 bridgehead atoms. The van der Waals surface area contributed by atoms with Crippen LogP contribution in [-0.4, -0.2) is 42.9 Å². The number of anilines is 1. The van der Waals surface area contributed by atoms with Gasteiger partial charge in [0.25, 0.3) is 0 Å². The van der Waals surface area contributed by atoms with Gasteiger partial charge < -0.3 is 10.4 Å². The number of carbonyl (C=O) groups excluding carboxylic acids is 1. The summed E-state index contributed by atoms with van der Waals surface area (Å²) < 4.78 is 26.5. The van der Waals surface area contributed by atoms with E-state index in [4.69, 9.17) is 0 Å². The lowest BCUT2D eigenvalue weighted by Gasteiger charge is -2.34. The minimum Gasteiger partial charge on any atom is -0.391 e. The molecule has 6 nitrogen and oxygen atoms in total. The van der Waals surface area contributed by atoms with E-state index in [1.54, 1.807) is 12.1 Å². The summed E-state index contributed by atoms with van der Waals surface area (Å²) in [5.41, 5.74) is 0.548. The van der Waals surface area contributed by atoms with Gasteiger partial charge in [-0.2, -0.15) is 4.31 Å². The normalized spacial score (nSPS) is 22.5. The van der Waals surface area contributed by atoms with Gasteiger partial charge in [0.1, 0.15) is 0 Å². The van der Waals surface area contributed by atoms with Crippen LogP contribution in [0.1, 0.15) is 32.6 Å². The number of carbonyl (C=O) groups is 1. The van der Waals surface area contributed by atoms with Gasteiger partial charge in [-0.25, -0.2) is 8.42 Å². The molecule has 1 aliphatic carbocycles. The van der Waals surface area contributed by atoms with Gasteiger partial charge in [-0.3, -0.25) is 4.79 Å². The Morgan fingerprint density at radius 1 is 1.23 bits per heavy atom. The predicted octanol–water partition coefficient (Wildman–Crippen LogP) is 1.57. The van der Waals surface area contributed by atoms with Crippen molar-refractivity contribution >= 4 is 21.6 Å². The monoisotopic (exact) mass is 326 g/mol. The van der Waals surface area contributed by atoms with Gasteiger partial charge >= 0.3 is 0 Å². The Balaban J connectivity index is 2.20. The molecule has 22 heavy (non-hydrogen) atoms. The van der Waals surface area contributed by atoms with E-state index in [2.05, 4.69) is 5.32 Å². The van der Waals surface area contributed by atoms with Crippen LogP contribution in [0.4, 0.5) is 5.69 Å². The number of hydrogen-bond donors (Lipinski definition) is 2. The Morgan fingerprint density at radius 2 is 1.82 bits per heavy atom. The van der Waals surface area contributed by atoms with E-state index in [1.165, 1.54) is 30.4 Å². The first-order chi connectivity index (χ1) is 10.3. The number of likely N-dealkylation sites (N-methyl/N-ethyl adjacent to an activating group) is 1. The number of aliphatic hydroxyl groups excluding tert-OH is 1. The third-order valence-electron chi connectivity index (χ3n) is 4.01. The lowest BCUT2D eigenvalue weighted by Crippen LogP contribution is -2.46. The maximum atomic E-state index is 12.6. The van der Waals surface area contributed by atoms with E-state index in [-0.39, 0.29) is 16.8 Å². The molecule has 0 aromatic heterocycles. The average molecular weight is 326 g/mol. The van der Waals surface area contributed by atoms with Crippen LogP contribution in [0, 0.1) is 0 Å². The van der Waals surface area contributed by atoms with Crippen molar-refractivity contribution in [2.45, 2.75) is 49.6 Å². The van der Waals surface area contributed by atoms with E-state index >= 15 is 0 Å². The Bertz CT molecular complexity index is 627. The van der Waals surface area contributed by atoms with Gasteiger partial charge in [-0.15, -0.1) is 0 Å². The molecule has 2 atom stereocenters. The van der Waals surface area contributed by atoms with Crippen molar-refractivity contribution in [2.24, 2.45) is 0 Å². The highest BCUT2D eigenvalue weighted by Crippen LogP contribution is 2.27. The molecule has 1 aliphatic rings. The molecule has 0 saturated heterocycles. The first kappa shape index (κ1) is 16.9. The van der Waals surface area contributed by atoms with Crippen molar-refractivity contribution in [2.75, 3.05) is 12.4 Å². The summed E-state index contributed by atoms with van der Waals surface area (Å²) in [6.07, 6.45) is 2.53. The number of hydrogen-bond acceptors (Lipinski definition) is 4. The van der Waals surface area contributed by atoms with E-state index in [0.717, 1.165) is 12.8 Å². The molecule has 0 heterocycles. The highest BCUT2D eigenvalue weighted by atomic mass is 32.2. The molecule has 1 fully saturated rings. The number of amides is 1. The van der Waals surface area contributed by atoms with Crippen LogP contribution in [-0.2, 0) is 14.8 Å². The molecule has 7 heteroatoms. The van der Waals surface area contributed by atoms with Gasteiger partial charge in [0.05, 0.1) is 17.0 Å². The number of rotatable bonds is 4. The quantitative estimate of drug-likeness (QED) is 0.879. The molecule has 122 valence electrons. The van der Waals surface area contributed by atoms with Gasteiger partial charge in [-0.05, 0) is 37.1 Å². The molecule has 1 saturated carbocycles. The Morgan fingerprint density at radius 3 is 2.36 bits per heavy atom. The van der Waals surface area contributed by atoms with Crippen LogP contribution in [0.5, 0.6) is 0 Å². The number of aliphatic hydroxyl groups is 1. The third-order valence-corrected chi connectivity index (χ3v) is 5.91. The highest BCUT2D eigenvalue weighted by molar-refractivity contribution is 7.89. The summed E-state index contributed by atoms with van der Waals surface area (Å²) >= 11 is 0. The fourth-order valence-electron chi connectivity index (χ4n) is 2.77. The second kappa shape index (κ2) is 6.76. The van der Waals surface area contributed by atoms with Gasteiger partial charge in [-0.1, -0.05) is 12.8 Å². The van der Waals surface area contributed by atoms with E-state index in [9.17, 15) is 18.3 Å². The third kappa shape index (κ3) is 3.66. The van der Waals surface area contributed by atoms with E-state index in [0.29, 0.717) is 18.5 Å². The summed E-state index contributed by atoms with van der Waals surface area (Å²) in [6, 6.07) is 5.66. The molecule has 1 aromatic rings. The van der Waals surface area contributed by atoms with Crippen LogP contribution in [0.3, 0.4) is 0 Å². The summed E-state index contributed by atoms with van der Waals surface area (Å²) in [5.74, 6) is -0.210. The smallest absolute Gasteiger partial charge is 0.243 e. The minimum atomic E-state index is -3.66.